The molecule has 3 aromatic rings. The number of carbonyl (C=O) groups is 2. The first kappa shape index (κ1) is 23.4. The van der Waals surface area contributed by atoms with Gasteiger partial charge in [-0.2, -0.15) is 0 Å². The van der Waals surface area contributed by atoms with E-state index in [2.05, 4.69) is 16.0 Å². The van der Waals surface area contributed by atoms with Gasteiger partial charge < -0.3 is 15.4 Å². The average Bonchev–Trinajstić information content (AvgIpc) is 2.80. The lowest BCUT2D eigenvalue weighted by molar-refractivity contribution is -0.384. The highest BCUT2D eigenvalue weighted by Gasteiger charge is 2.15. The molecule has 10 heteroatoms. The Hall–Kier alpha value is -4.31. The number of carbonyl (C=O) groups excluding carboxylic acids is 2. The van der Waals surface area contributed by atoms with Crippen molar-refractivity contribution in [1.29, 1.82) is 0 Å². The fourth-order valence-electron chi connectivity index (χ4n) is 2.85. The van der Waals surface area contributed by atoms with Crippen LogP contribution >= 0.6 is 12.2 Å². The van der Waals surface area contributed by atoms with Crippen molar-refractivity contribution in [3.63, 3.8) is 0 Å². The van der Waals surface area contributed by atoms with Gasteiger partial charge in [-0.25, -0.2) is 0 Å². The molecule has 0 atom stereocenters. The topological polar surface area (TPSA) is 123 Å². The third-order valence-corrected chi connectivity index (χ3v) is 4.61. The van der Waals surface area contributed by atoms with Crippen LogP contribution < -0.4 is 20.7 Å². The summed E-state index contributed by atoms with van der Waals surface area (Å²) in [6.07, 6.45) is 0. The van der Waals surface area contributed by atoms with Gasteiger partial charge in [-0.1, -0.05) is 12.1 Å². The zero-order chi connectivity index (χ0) is 23.8. The number of non-ortho nitro benzene ring substituents is 1. The van der Waals surface area contributed by atoms with E-state index < -0.39 is 10.8 Å². The van der Waals surface area contributed by atoms with Crippen molar-refractivity contribution in [3.8, 4) is 5.75 Å². The number of ether oxygens (including phenoxy) is 1. The van der Waals surface area contributed by atoms with Crippen LogP contribution in [0.3, 0.4) is 0 Å². The lowest BCUT2D eigenvalue weighted by atomic mass is 10.1. The van der Waals surface area contributed by atoms with Crippen molar-refractivity contribution in [3.05, 3.63) is 94.0 Å². The zero-order valence-corrected chi connectivity index (χ0v) is 18.3. The van der Waals surface area contributed by atoms with Gasteiger partial charge in [-0.05, 0) is 67.7 Å². The molecule has 0 unspecified atom stereocenters. The maximum absolute atomic E-state index is 12.8. The molecular formula is C23H20N4O5S. The number of nitrogens with one attached hydrogen (secondary N) is 3. The molecule has 3 N–H and O–H groups in total. The fourth-order valence-corrected chi connectivity index (χ4v) is 3.06. The summed E-state index contributed by atoms with van der Waals surface area (Å²) in [5.74, 6) is -0.211. The first-order chi connectivity index (χ1) is 15.9. The summed E-state index contributed by atoms with van der Waals surface area (Å²) in [6, 6.07) is 18.8. The molecule has 0 bridgehead atoms. The quantitative estimate of drug-likeness (QED) is 0.269. The first-order valence-corrected chi connectivity index (χ1v) is 10.3. The molecule has 0 radical (unpaired) electrons. The number of nitro benzene ring substituents is 1. The van der Waals surface area contributed by atoms with Crippen LogP contribution in [0.2, 0.25) is 0 Å². The number of para-hydroxylation sites is 1. The second-order valence-electron chi connectivity index (χ2n) is 6.67. The number of anilines is 2. The summed E-state index contributed by atoms with van der Waals surface area (Å²) in [5, 5.41) is 18.9. The van der Waals surface area contributed by atoms with E-state index in [9.17, 15) is 19.7 Å². The Morgan fingerprint density at radius 1 is 0.939 bits per heavy atom. The third-order valence-electron chi connectivity index (χ3n) is 4.41. The number of benzene rings is 3. The predicted molar refractivity (Wildman–Crippen MR) is 129 cm³/mol. The van der Waals surface area contributed by atoms with E-state index in [1.165, 1.54) is 24.3 Å². The van der Waals surface area contributed by atoms with Crippen LogP contribution in [0.5, 0.6) is 5.75 Å². The highest BCUT2D eigenvalue weighted by atomic mass is 32.1. The predicted octanol–water partition coefficient (Wildman–Crippen LogP) is 4.37. The molecule has 3 aromatic carbocycles. The van der Waals surface area contributed by atoms with E-state index in [0.717, 1.165) is 0 Å². The van der Waals surface area contributed by atoms with Gasteiger partial charge in [0.15, 0.2) is 5.11 Å². The lowest BCUT2D eigenvalue weighted by Gasteiger charge is -2.14. The Balaban J connectivity index is 1.65. The zero-order valence-electron chi connectivity index (χ0n) is 17.5. The van der Waals surface area contributed by atoms with Crippen LogP contribution in [-0.4, -0.2) is 28.5 Å². The Bertz CT molecular complexity index is 1180. The summed E-state index contributed by atoms with van der Waals surface area (Å²) in [6.45, 7) is 2.43. The smallest absolute Gasteiger partial charge is 0.269 e. The summed E-state index contributed by atoms with van der Waals surface area (Å²) in [7, 11) is 0. The second-order valence-corrected chi connectivity index (χ2v) is 7.08. The molecule has 33 heavy (non-hydrogen) atoms. The van der Waals surface area contributed by atoms with Crippen molar-refractivity contribution in [2.24, 2.45) is 0 Å². The molecule has 0 fully saturated rings. The Labute approximate surface area is 194 Å². The second kappa shape index (κ2) is 10.8. The number of amides is 2. The van der Waals surface area contributed by atoms with Gasteiger partial charge in [0.2, 0.25) is 0 Å². The Kier molecular flexibility index (Phi) is 7.66. The largest absolute Gasteiger partial charge is 0.494 e. The SMILES string of the molecule is CCOc1ccc(NC(=O)c2ccccc2NC(=S)NC(=O)c2ccc([N+](=O)[O-])cc2)cc1. The summed E-state index contributed by atoms with van der Waals surface area (Å²) < 4.78 is 5.39. The van der Waals surface area contributed by atoms with Crippen molar-refractivity contribution in [1.82, 2.24) is 5.32 Å². The van der Waals surface area contributed by atoms with E-state index >= 15 is 0 Å². The number of rotatable bonds is 7. The van der Waals surface area contributed by atoms with Crippen molar-refractivity contribution < 1.29 is 19.2 Å². The van der Waals surface area contributed by atoms with Gasteiger partial charge in [-0.15, -0.1) is 0 Å². The maximum atomic E-state index is 12.8. The molecule has 3 rings (SSSR count). The van der Waals surface area contributed by atoms with Crippen molar-refractivity contribution >= 4 is 46.2 Å². The number of hydrogen-bond donors (Lipinski definition) is 3. The minimum atomic E-state index is -0.552. The molecule has 0 aliphatic carbocycles. The van der Waals surface area contributed by atoms with Gasteiger partial charge in [0.05, 0.1) is 22.8 Å². The van der Waals surface area contributed by atoms with Crippen molar-refractivity contribution in [2.75, 3.05) is 17.2 Å². The summed E-state index contributed by atoms with van der Waals surface area (Å²) in [5.41, 5.74) is 1.38. The molecule has 2 amide bonds. The Morgan fingerprint density at radius 2 is 1.61 bits per heavy atom. The van der Waals surface area contributed by atoms with E-state index in [1.54, 1.807) is 48.5 Å². The minimum absolute atomic E-state index is 0.0281. The maximum Gasteiger partial charge on any atom is 0.269 e. The first-order valence-electron chi connectivity index (χ1n) is 9.87. The van der Waals surface area contributed by atoms with Gasteiger partial charge in [0.25, 0.3) is 17.5 Å². The van der Waals surface area contributed by atoms with Gasteiger partial charge in [0.1, 0.15) is 5.75 Å². The molecule has 0 aliphatic heterocycles. The van der Waals surface area contributed by atoms with E-state index in [1.807, 2.05) is 6.92 Å². The third kappa shape index (κ3) is 6.34. The highest BCUT2D eigenvalue weighted by molar-refractivity contribution is 7.80. The van der Waals surface area contributed by atoms with Crippen LogP contribution in [0.15, 0.2) is 72.8 Å². The number of nitro groups is 1. The standard InChI is InChI=1S/C23H20N4O5S/c1-2-32-18-13-9-16(10-14-18)24-22(29)19-5-3-4-6-20(19)25-23(33)26-21(28)15-7-11-17(12-8-15)27(30)31/h3-14H,2H2,1H3,(H,24,29)(H2,25,26,28,33). The Morgan fingerprint density at radius 3 is 2.24 bits per heavy atom. The fraction of sp³-hybridized carbons (Fsp3) is 0.0870. The number of thiocarbonyl (C=S) groups is 1. The molecule has 0 aliphatic rings. The molecule has 0 heterocycles. The lowest BCUT2D eigenvalue weighted by Crippen LogP contribution is -2.34. The summed E-state index contributed by atoms with van der Waals surface area (Å²) >= 11 is 5.20. The highest BCUT2D eigenvalue weighted by Crippen LogP contribution is 2.20. The minimum Gasteiger partial charge on any atom is -0.494 e. The normalized spacial score (nSPS) is 10.1. The molecule has 0 saturated heterocycles. The number of nitrogens with zero attached hydrogens (tertiary/aromatic N) is 1. The van der Waals surface area contributed by atoms with E-state index in [0.29, 0.717) is 29.3 Å². The van der Waals surface area contributed by atoms with Crippen LogP contribution in [0.25, 0.3) is 0 Å². The molecular weight excluding hydrogens is 444 g/mol. The van der Waals surface area contributed by atoms with E-state index in [4.69, 9.17) is 17.0 Å². The van der Waals surface area contributed by atoms with Crippen molar-refractivity contribution in [2.45, 2.75) is 6.92 Å². The monoisotopic (exact) mass is 464 g/mol. The van der Waals surface area contributed by atoms with E-state index in [-0.39, 0.29) is 22.3 Å². The molecule has 9 nitrogen and oxygen atoms in total. The van der Waals surface area contributed by atoms with Gasteiger partial charge in [-0.3, -0.25) is 25.0 Å². The van der Waals surface area contributed by atoms with Crippen LogP contribution in [0.1, 0.15) is 27.6 Å². The molecule has 0 saturated carbocycles. The van der Waals surface area contributed by atoms with Crippen LogP contribution in [0, 0.1) is 10.1 Å². The van der Waals surface area contributed by atoms with Crippen LogP contribution in [-0.2, 0) is 0 Å². The molecule has 0 aromatic heterocycles. The average molecular weight is 465 g/mol. The van der Waals surface area contributed by atoms with Crippen LogP contribution in [0.4, 0.5) is 17.1 Å². The van der Waals surface area contributed by atoms with Gasteiger partial charge in [0, 0.05) is 23.4 Å². The summed E-state index contributed by atoms with van der Waals surface area (Å²) in [4.78, 5) is 35.3. The van der Waals surface area contributed by atoms with Gasteiger partial charge >= 0.3 is 0 Å². The molecule has 168 valence electrons. The molecule has 0 spiro atoms. The number of hydrogen-bond acceptors (Lipinski definition) is 6.